The zero-order valence-corrected chi connectivity index (χ0v) is 19.0. The first kappa shape index (κ1) is 21.5. The largest absolute Gasteiger partial charge is 0.339 e. The molecule has 1 amide bonds. The average molecular weight is 441 g/mol. The first-order valence-corrected chi connectivity index (χ1v) is 12.0. The fourth-order valence-electron chi connectivity index (χ4n) is 4.01. The number of nitrogens with zero attached hydrogens (tertiary/aromatic N) is 4. The average Bonchev–Trinajstić information content (AvgIpc) is 3.13. The van der Waals surface area contributed by atoms with Crippen LogP contribution in [0.15, 0.2) is 47.4 Å². The summed E-state index contributed by atoms with van der Waals surface area (Å²) in [6, 6.07) is 13.0. The number of aryl methyl sites for hydroxylation is 3. The van der Waals surface area contributed by atoms with Crippen molar-refractivity contribution in [2.75, 3.05) is 26.2 Å². The van der Waals surface area contributed by atoms with Crippen LogP contribution >= 0.6 is 0 Å². The highest BCUT2D eigenvalue weighted by Crippen LogP contribution is 2.21. The van der Waals surface area contributed by atoms with E-state index in [1.54, 1.807) is 17.0 Å². The van der Waals surface area contributed by atoms with E-state index in [4.69, 9.17) is 0 Å². The molecule has 0 bridgehead atoms. The van der Waals surface area contributed by atoms with Crippen LogP contribution < -0.4 is 0 Å². The van der Waals surface area contributed by atoms with Gasteiger partial charge in [-0.2, -0.15) is 4.31 Å². The molecule has 164 valence electrons. The number of hydrogen-bond donors (Lipinski definition) is 0. The van der Waals surface area contributed by atoms with Crippen LogP contribution in [-0.2, 0) is 27.8 Å². The predicted molar refractivity (Wildman–Crippen MR) is 120 cm³/mol. The van der Waals surface area contributed by atoms with Crippen molar-refractivity contribution in [3.8, 4) is 0 Å². The Bertz CT molecular complexity index is 1220. The molecule has 0 aliphatic carbocycles. The minimum atomic E-state index is -3.56. The van der Waals surface area contributed by atoms with E-state index in [1.165, 1.54) is 4.31 Å². The molecule has 1 aliphatic heterocycles. The second-order valence-electron chi connectivity index (χ2n) is 7.99. The first-order chi connectivity index (χ1) is 14.8. The number of aromatic nitrogens is 2. The van der Waals surface area contributed by atoms with Crippen molar-refractivity contribution < 1.29 is 13.2 Å². The van der Waals surface area contributed by atoms with Crippen LogP contribution in [0.4, 0.5) is 0 Å². The maximum atomic E-state index is 13.0. The first-order valence-electron chi connectivity index (χ1n) is 10.6. The SMILES string of the molecule is CCc1nc2ccccc2n1CC(=O)N1CCN(S(=O)(=O)c2ccc(C)c(C)c2)CC1. The molecule has 0 saturated carbocycles. The van der Waals surface area contributed by atoms with E-state index in [-0.39, 0.29) is 12.5 Å². The predicted octanol–water partition coefficient (Wildman–Crippen LogP) is 2.75. The maximum absolute atomic E-state index is 13.0. The van der Waals surface area contributed by atoms with Gasteiger partial charge in [0.15, 0.2) is 0 Å². The molecule has 1 aliphatic rings. The topological polar surface area (TPSA) is 75.5 Å². The number of carbonyl (C=O) groups is 1. The highest BCUT2D eigenvalue weighted by atomic mass is 32.2. The summed E-state index contributed by atoms with van der Waals surface area (Å²) < 4.78 is 29.5. The van der Waals surface area contributed by atoms with Gasteiger partial charge in [-0.3, -0.25) is 4.79 Å². The highest BCUT2D eigenvalue weighted by Gasteiger charge is 2.30. The number of hydrogen-bond acceptors (Lipinski definition) is 4. The molecule has 0 unspecified atom stereocenters. The Morgan fingerprint density at radius 2 is 1.71 bits per heavy atom. The normalized spacial score (nSPS) is 15.5. The Kier molecular flexibility index (Phi) is 5.85. The lowest BCUT2D eigenvalue weighted by atomic mass is 10.1. The highest BCUT2D eigenvalue weighted by molar-refractivity contribution is 7.89. The van der Waals surface area contributed by atoms with Crippen molar-refractivity contribution in [2.45, 2.75) is 38.6 Å². The molecule has 0 spiro atoms. The summed E-state index contributed by atoms with van der Waals surface area (Å²) in [5.41, 5.74) is 3.85. The third-order valence-corrected chi connectivity index (χ3v) is 7.95. The molecule has 31 heavy (non-hydrogen) atoms. The van der Waals surface area contributed by atoms with Crippen LogP contribution in [0.1, 0.15) is 23.9 Å². The fourth-order valence-corrected chi connectivity index (χ4v) is 5.52. The summed E-state index contributed by atoms with van der Waals surface area (Å²) in [5, 5.41) is 0. The number of fused-ring (bicyclic) bond motifs is 1. The van der Waals surface area contributed by atoms with Crippen LogP contribution in [0.3, 0.4) is 0 Å². The Labute approximate surface area is 183 Å². The van der Waals surface area contributed by atoms with Gasteiger partial charge < -0.3 is 9.47 Å². The Morgan fingerprint density at radius 3 is 2.39 bits per heavy atom. The van der Waals surface area contributed by atoms with Gasteiger partial charge in [0.05, 0.1) is 15.9 Å². The molecule has 1 aromatic heterocycles. The third-order valence-electron chi connectivity index (χ3n) is 6.05. The summed E-state index contributed by atoms with van der Waals surface area (Å²) in [6.45, 7) is 7.48. The van der Waals surface area contributed by atoms with Gasteiger partial charge in [0.1, 0.15) is 12.4 Å². The smallest absolute Gasteiger partial charge is 0.243 e. The standard InChI is InChI=1S/C23H28N4O3S/c1-4-22-24-20-7-5-6-8-21(20)27(22)16-23(28)25-11-13-26(14-12-25)31(29,30)19-10-9-17(2)18(3)15-19/h5-10,15H,4,11-14,16H2,1-3H3. The lowest BCUT2D eigenvalue weighted by Gasteiger charge is -2.34. The number of carbonyl (C=O) groups excluding carboxylic acids is 1. The summed E-state index contributed by atoms with van der Waals surface area (Å²) in [5.74, 6) is 0.867. The van der Waals surface area contributed by atoms with Gasteiger partial charge in [-0.25, -0.2) is 13.4 Å². The van der Waals surface area contributed by atoms with E-state index in [0.717, 1.165) is 34.4 Å². The zero-order valence-electron chi connectivity index (χ0n) is 18.2. The van der Waals surface area contributed by atoms with Crippen LogP contribution in [0, 0.1) is 13.8 Å². The lowest BCUT2D eigenvalue weighted by molar-refractivity contribution is -0.133. The van der Waals surface area contributed by atoms with Crippen molar-refractivity contribution in [1.82, 2.24) is 18.8 Å². The molecule has 0 N–H and O–H groups in total. The summed E-state index contributed by atoms with van der Waals surface area (Å²) in [7, 11) is -3.56. The monoisotopic (exact) mass is 440 g/mol. The van der Waals surface area contributed by atoms with Gasteiger partial charge >= 0.3 is 0 Å². The number of amides is 1. The number of benzene rings is 2. The van der Waals surface area contributed by atoms with Crippen molar-refractivity contribution in [3.05, 3.63) is 59.4 Å². The summed E-state index contributed by atoms with van der Waals surface area (Å²) >= 11 is 0. The molecule has 0 atom stereocenters. The summed E-state index contributed by atoms with van der Waals surface area (Å²) in [6.07, 6.45) is 0.740. The van der Waals surface area contributed by atoms with Crippen LogP contribution in [-0.4, -0.2) is 59.3 Å². The van der Waals surface area contributed by atoms with Gasteiger partial charge in [0.25, 0.3) is 0 Å². The fraction of sp³-hybridized carbons (Fsp3) is 0.391. The molecule has 2 heterocycles. The van der Waals surface area contributed by atoms with Crippen molar-refractivity contribution >= 4 is 27.0 Å². The molecular weight excluding hydrogens is 412 g/mol. The maximum Gasteiger partial charge on any atom is 0.243 e. The number of piperazine rings is 1. The van der Waals surface area contributed by atoms with E-state index in [1.807, 2.05) is 55.7 Å². The van der Waals surface area contributed by atoms with Gasteiger partial charge in [0.2, 0.25) is 15.9 Å². The van der Waals surface area contributed by atoms with Gasteiger partial charge in [-0.15, -0.1) is 0 Å². The molecule has 1 fully saturated rings. The molecule has 3 aromatic rings. The van der Waals surface area contributed by atoms with E-state index in [9.17, 15) is 13.2 Å². The minimum Gasteiger partial charge on any atom is -0.339 e. The van der Waals surface area contributed by atoms with Crippen molar-refractivity contribution in [2.24, 2.45) is 0 Å². The molecule has 7 nitrogen and oxygen atoms in total. The van der Waals surface area contributed by atoms with Gasteiger partial charge in [-0.1, -0.05) is 25.1 Å². The Morgan fingerprint density at radius 1 is 1.00 bits per heavy atom. The van der Waals surface area contributed by atoms with Crippen LogP contribution in [0.5, 0.6) is 0 Å². The van der Waals surface area contributed by atoms with Crippen LogP contribution in [0.25, 0.3) is 11.0 Å². The zero-order chi connectivity index (χ0) is 22.2. The number of imidazole rings is 1. The van der Waals surface area contributed by atoms with Crippen LogP contribution in [0.2, 0.25) is 0 Å². The Balaban J connectivity index is 1.45. The quantitative estimate of drug-likeness (QED) is 0.611. The molecular formula is C23H28N4O3S. The summed E-state index contributed by atoms with van der Waals surface area (Å²) in [4.78, 5) is 19.7. The number of rotatable bonds is 5. The van der Waals surface area contributed by atoms with Gasteiger partial charge in [-0.05, 0) is 49.2 Å². The molecule has 4 rings (SSSR count). The van der Waals surface area contributed by atoms with E-state index >= 15 is 0 Å². The molecule has 8 heteroatoms. The lowest BCUT2D eigenvalue weighted by Crippen LogP contribution is -2.51. The Hall–Kier alpha value is -2.71. The van der Waals surface area contributed by atoms with Crippen molar-refractivity contribution in [1.29, 1.82) is 0 Å². The second kappa shape index (κ2) is 8.43. The van der Waals surface area contributed by atoms with E-state index in [0.29, 0.717) is 31.1 Å². The van der Waals surface area contributed by atoms with Gasteiger partial charge in [0, 0.05) is 32.6 Å². The van der Waals surface area contributed by atoms with Crippen molar-refractivity contribution in [3.63, 3.8) is 0 Å². The number of sulfonamides is 1. The molecule has 1 saturated heterocycles. The number of para-hydroxylation sites is 2. The molecule has 0 radical (unpaired) electrons. The third kappa shape index (κ3) is 4.09. The van der Waals surface area contributed by atoms with E-state index < -0.39 is 10.0 Å². The van der Waals surface area contributed by atoms with E-state index in [2.05, 4.69) is 4.98 Å². The minimum absolute atomic E-state index is 0.0129. The molecule has 2 aromatic carbocycles. The second-order valence-corrected chi connectivity index (χ2v) is 9.93.